The third kappa shape index (κ3) is 5.18. The lowest BCUT2D eigenvalue weighted by Crippen LogP contribution is -2.59. The summed E-state index contributed by atoms with van der Waals surface area (Å²) in [6.07, 6.45) is 9.81. The second kappa shape index (κ2) is 12.8. The smallest absolute Gasteiger partial charge is 0.312 e. The van der Waals surface area contributed by atoms with Gasteiger partial charge in [0.15, 0.2) is 0 Å². The number of likely N-dealkylation sites (tertiary alicyclic amines) is 1. The molecule has 3 rings (SSSR count). The number of carbonyl (C=O) groups excluding carboxylic acids is 3. The molecule has 0 aromatic carbocycles. The van der Waals surface area contributed by atoms with Gasteiger partial charge in [0.1, 0.15) is 17.6 Å². The highest BCUT2D eigenvalue weighted by Gasteiger charge is 2.80. The van der Waals surface area contributed by atoms with Crippen molar-refractivity contribution in [1.29, 1.82) is 0 Å². The van der Waals surface area contributed by atoms with Crippen LogP contribution in [0.4, 0.5) is 0 Å². The van der Waals surface area contributed by atoms with Crippen LogP contribution < -0.4 is 0 Å². The van der Waals surface area contributed by atoms with E-state index < -0.39 is 41.1 Å². The number of fused-ring (bicyclic) bond motifs is 1. The summed E-state index contributed by atoms with van der Waals surface area (Å²) < 4.78 is 12.5. The Labute approximate surface area is 228 Å². The predicted octanol–water partition coefficient (Wildman–Crippen LogP) is 3.87. The van der Waals surface area contributed by atoms with Gasteiger partial charge in [-0.1, -0.05) is 45.8 Å². The van der Waals surface area contributed by atoms with Gasteiger partial charge < -0.3 is 24.4 Å². The van der Waals surface area contributed by atoms with E-state index in [0.29, 0.717) is 32.4 Å². The van der Waals surface area contributed by atoms with Gasteiger partial charge in [-0.05, 0) is 51.4 Å². The van der Waals surface area contributed by atoms with Crippen molar-refractivity contribution in [2.45, 2.75) is 102 Å². The maximum atomic E-state index is 14.3. The van der Waals surface area contributed by atoms with Gasteiger partial charge in [0.05, 0.1) is 30.8 Å². The Morgan fingerprint density at radius 2 is 1.97 bits per heavy atom. The Bertz CT molecular complexity index is 888. The summed E-state index contributed by atoms with van der Waals surface area (Å²) >= 11 is 0. The second-order valence-corrected chi connectivity index (χ2v) is 11.4. The summed E-state index contributed by atoms with van der Waals surface area (Å²) in [4.78, 5) is 45.4. The standard InChI is InChI=1S/C30H48N2O6/c1-7-11-13-15-18-37-28(36)24-23-26(34)32(22(10-4)20-33)25(30(23)19-21(5)29(24,6)38-30)27(35)31(16-9-3)17-14-12-8-2/h7,9,21-25,33H,1,3,8,10-20H2,2,4-6H3/t21?,22-,23-,24-,25?,29+,30?/m0/s1. The van der Waals surface area contributed by atoms with Crippen LogP contribution in [0.25, 0.3) is 0 Å². The lowest BCUT2D eigenvalue weighted by molar-refractivity contribution is -0.163. The van der Waals surface area contributed by atoms with Crippen LogP contribution in [0.3, 0.4) is 0 Å². The van der Waals surface area contributed by atoms with Crippen molar-refractivity contribution < 1.29 is 29.0 Å². The minimum atomic E-state index is -1.14. The third-order valence-corrected chi connectivity index (χ3v) is 9.06. The molecule has 0 aliphatic carbocycles. The maximum Gasteiger partial charge on any atom is 0.312 e. The fraction of sp³-hybridized carbons (Fsp3) is 0.767. The number of hydrogen-bond donors (Lipinski definition) is 1. The molecule has 2 amide bonds. The molecule has 8 heteroatoms. The minimum absolute atomic E-state index is 0.0535. The summed E-state index contributed by atoms with van der Waals surface area (Å²) in [7, 11) is 0. The van der Waals surface area contributed by atoms with E-state index >= 15 is 0 Å². The molecule has 0 saturated carbocycles. The second-order valence-electron chi connectivity index (χ2n) is 11.4. The summed E-state index contributed by atoms with van der Waals surface area (Å²) in [6.45, 7) is 16.4. The van der Waals surface area contributed by atoms with Crippen LogP contribution >= 0.6 is 0 Å². The quantitative estimate of drug-likeness (QED) is 0.184. The maximum absolute atomic E-state index is 14.3. The average Bonchev–Trinajstić information content (AvgIpc) is 3.41. The highest BCUT2D eigenvalue weighted by atomic mass is 16.6. The number of amides is 2. The van der Waals surface area contributed by atoms with Crippen molar-refractivity contribution >= 4 is 17.8 Å². The number of unbranched alkanes of at least 4 members (excludes halogenated alkanes) is 4. The van der Waals surface area contributed by atoms with Gasteiger partial charge in [-0.25, -0.2) is 0 Å². The molecule has 3 saturated heterocycles. The minimum Gasteiger partial charge on any atom is -0.465 e. The van der Waals surface area contributed by atoms with Crippen molar-refractivity contribution in [3.63, 3.8) is 0 Å². The normalized spacial score (nSPS) is 32.2. The SMILES string of the molecule is C=CCCCCOC(=O)[C@@H]1[C@H]2C(=O)N([C@@H](CC)CO)C(C(=O)N(CC=C)CCCCC)C23CC(C)[C@@]1(C)O3. The van der Waals surface area contributed by atoms with Crippen LogP contribution in [0.15, 0.2) is 25.3 Å². The number of aliphatic hydroxyl groups is 1. The van der Waals surface area contributed by atoms with E-state index in [-0.39, 0.29) is 30.9 Å². The topological polar surface area (TPSA) is 96.4 Å². The lowest BCUT2D eigenvalue weighted by Gasteiger charge is -2.39. The van der Waals surface area contributed by atoms with Gasteiger partial charge in [0.2, 0.25) is 11.8 Å². The van der Waals surface area contributed by atoms with Crippen molar-refractivity contribution in [3.8, 4) is 0 Å². The molecule has 0 aromatic rings. The first-order valence-electron chi connectivity index (χ1n) is 14.5. The van der Waals surface area contributed by atoms with E-state index in [9.17, 15) is 19.5 Å². The lowest BCUT2D eigenvalue weighted by atomic mass is 9.62. The molecule has 3 unspecified atom stereocenters. The molecule has 2 bridgehead atoms. The zero-order valence-corrected chi connectivity index (χ0v) is 23.8. The molecule has 0 aromatic heterocycles. The van der Waals surface area contributed by atoms with Crippen LogP contribution in [-0.2, 0) is 23.9 Å². The molecule has 3 fully saturated rings. The molecule has 3 aliphatic rings. The van der Waals surface area contributed by atoms with Gasteiger partial charge in [-0.3, -0.25) is 14.4 Å². The third-order valence-electron chi connectivity index (χ3n) is 9.06. The molecule has 0 radical (unpaired) electrons. The van der Waals surface area contributed by atoms with Gasteiger partial charge in [0.25, 0.3) is 0 Å². The molecule has 3 aliphatic heterocycles. The molecular formula is C30H48N2O6. The number of rotatable bonds is 16. The average molecular weight is 533 g/mol. The number of carbonyl (C=O) groups is 3. The van der Waals surface area contributed by atoms with Gasteiger partial charge in [-0.2, -0.15) is 0 Å². The van der Waals surface area contributed by atoms with Crippen LogP contribution in [0.5, 0.6) is 0 Å². The summed E-state index contributed by atoms with van der Waals surface area (Å²) in [5.41, 5.74) is -2.04. The zero-order valence-electron chi connectivity index (χ0n) is 23.8. The predicted molar refractivity (Wildman–Crippen MR) is 146 cm³/mol. The van der Waals surface area contributed by atoms with Crippen LogP contribution in [0.1, 0.15) is 79.1 Å². The number of nitrogens with zero attached hydrogens (tertiary/aromatic N) is 2. The first-order valence-corrected chi connectivity index (χ1v) is 14.5. The summed E-state index contributed by atoms with van der Waals surface area (Å²) in [5.74, 6) is -2.60. The monoisotopic (exact) mass is 532 g/mol. The molecule has 8 nitrogen and oxygen atoms in total. The van der Waals surface area contributed by atoms with Crippen molar-refractivity contribution in [1.82, 2.24) is 9.80 Å². The fourth-order valence-corrected chi connectivity index (χ4v) is 6.95. The number of ether oxygens (including phenoxy) is 2. The van der Waals surface area contributed by atoms with Crippen LogP contribution in [0, 0.1) is 17.8 Å². The van der Waals surface area contributed by atoms with Crippen molar-refractivity contribution in [3.05, 3.63) is 25.3 Å². The Kier molecular flexibility index (Phi) is 10.2. The number of esters is 1. The Morgan fingerprint density at radius 1 is 1.24 bits per heavy atom. The molecule has 1 N–H and O–H groups in total. The molecule has 3 heterocycles. The number of hydrogen-bond acceptors (Lipinski definition) is 6. The Morgan fingerprint density at radius 3 is 2.58 bits per heavy atom. The van der Waals surface area contributed by atoms with Crippen LogP contribution in [0.2, 0.25) is 0 Å². The van der Waals surface area contributed by atoms with E-state index in [1.54, 1.807) is 15.9 Å². The number of allylic oxidation sites excluding steroid dienone is 1. The Hall–Kier alpha value is -2.19. The van der Waals surface area contributed by atoms with Crippen LogP contribution in [-0.4, -0.2) is 82.3 Å². The van der Waals surface area contributed by atoms with E-state index in [4.69, 9.17) is 9.47 Å². The van der Waals surface area contributed by atoms with E-state index in [0.717, 1.165) is 32.1 Å². The number of aliphatic hydroxyl groups excluding tert-OH is 1. The van der Waals surface area contributed by atoms with Gasteiger partial charge in [-0.15, -0.1) is 13.2 Å². The van der Waals surface area contributed by atoms with Crippen molar-refractivity contribution in [2.24, 2.45) is 17.8 Å². The van der Waals surface area contributed by atoms with Gasteiger partial charge >= 0.3 is 5.97 Å². The highest BCUT2D eigenvalue weighted by Crippen LogP contribution is 2.65. The van der Waals surface area contributed by atoms with Gasteiger partial charge in [0, 0.05) is 13.1 Å². The molecule has 7 atom stereocenters. The molecule has 38 heavy (non-hydrogen) atoms. The first kappa shape index (κ1) is 30.4. The summed E-state index contributed by atoms with van der Waals surface area (Å²) in [6, 6.07) is -1.45. The van der Waals surface area contributed by atoms with Crippen molar-refractivity contribution in [2.75, 3.05) is 26.3 Å². The van der Waals surface area contributed by atoms with E-state index in [1.807, 2.05) is 26.8 Å². The largest absolute Gasteiger partial charge is 0.465 e. The zero-order chi connectivity index (χ0) is 28.1. The summed E-state index contributed by atoms with van der Waals surface area (Å²) in [5, 5.41) is 10.2. The highest BCUT2D eigenvalue weighted by molar-refractivity contribution is 5.98. The van der Waals surface area contributed by atoms with E-state index in [2.05, 4.69) is 20.1 Å². The molecular weight excluding hydrogens is 484 g/mol. The fourth-order valence-electron chi connectivity index (χ4n) is 6.95. The van der Waals surface area contributed by atoms with E-state index in [1.165, 1.54) is 0 Å². The molecule has 214 valence electrons. The molecule has 1 spiro atoms. The first-order chi connectivity index (χ1) is 18.2. The Balaban J connectivity index is 2.00.